The quantitative estimate of drug-likeness (QED) is 0.0779. The van der Waals surface area contributed by atoms with Crippen LogP contribution in [-0.4, -0.2) is 93.0 Å². The number of halogens is 1. The van der Waals surface area contributed by atoms with E-state index in [1.54, 1.807) is 17.1 Å². The number of likely N-dealkylation sites (tertiary alicyclic amines) is 1. The minimum atomic E-state index is -1.21. The number of esters is 1. The molecule has 7 atom stereocenters. The lowest BCUT2D eigenvalue weighted by molar-refractivity contribution is -0.153. The van der Waals surface area contributed by atoms with Crippen molar-refractivity contribution in [2.24, 2.45) is 17.3 Å². The third kappa shape index (κ3) is 9.14. The number of hydrogen-bond donors (Lipinski definition) is 2. The third-order valence-corrected chi connectivity index (χ3v) is 11.2. The first kappa shape index (κ1) is 40.7. The minimum absolute atomic E-state index is 0.0775. The molecule has 2 bridgehead atoms. The van der Waals surface area contributed by atoms with Gasteiger partial charge < -0.3 is 29.7 Å². The first-order chi connectivity index (χ1) is 24.1. The van der Waals surface area contributed by atoms with Gasteiger partial charge in [0.2, 0.25) is 17.7 Å². The van der Waals surface area contributed by atoms with E-state index in [1.807, 2.05) is 35.2 Å². The number of carbonyl (C=O) groups excluding carboxylic acids is 4. The lowest BCUT2D eigenvalue weighted by atomic mass is 9.70. The Morgan fingerprint density at radius 1 is 1.12 bits per heavy atom. The molecule has 3 saturated heterocycles. The standard InChI is InChI=1S/C40H58BrN3O7/c1-8-10-20-30(46)50-25-29(27-18-14-13-15-19-27)42-35(47)31-32-36(48)43(22-16-11-12-17-23-45)34(40(32)24-28(41)33(31)51-40)37(49)44(21-9-2)39(6,7)26-38(3,4)5/h8-9,13-15,18-19,28-29,31-34,45H,1-2,10-12,16-17,20-26H2,3-7H3,(H,42,47)/t28?,29-,31+,32-,33+,34+,40-/m1/s1. The molecule has 282 valence electrons. The largest absolute Gasteiger partial charge is 0.463 e. The van der Waals surface area contributed by atoms with Crippen molar-refractivity contribution in [3.8, 4) is 0 Å². The predicted octanol–water partition coefficient (Wildman–Crippen LogP) is 5.88. The van der Waals surface area contributed by atoms with Crippen LogP contribution in [0.25, 0.3) is 0 Å². The number of allylic oxidation sites excluding steroid dienone is 1. The number of amides is 3. The van der Waals surface area contributed by atoms with E-state index in [0.29, 0.717) is 45.2 Å². The van der Waals surface area contributed by atoms with Gasteiger partial charge in [0.15, 0.2) is 0 Å². The summed E-state index contributed by atoms with van der Waals surface area (Å²) in [5.41, 5.74) is -1.10. The fourth-order valence-electron chi connectivity index (χ4n) is 8.64. The van der Waals surface area contributed by atoms with Crippen LogP contribution < -0.4 is 5.32 Å². The monoisotopic (exact) mass is 771 g/mol. The van der Waals surface area contributed by atoms with Gasteiger partial charge in [0, 0.05) is 36.5 Å². The summed E-state index contributed by atoms with van der Waals surface area (Å²) >= 11 is 3.79. The van der Waals surface area contributed by atoms with Crippen molar-refractivity contribution in [1.29, 1.82) is 0 Å². The number of aliphatic hydroxyl groups is 1. The highest BCUT2D eigenvalue weighted by atomic mass is 79.9. The highest BCUT2D eigenvalue weighted by Crippen LogP contribution is 2.60. The van der Waals surface area contributed by atoms with Crippen molar-refractivity contribution in [3.63, 3.8) is 0 Å². The molecule has 0 aliphatic carbocycles. The molecule has 1 aromatic carbocycles. The van der Waals surface area contributed by atoms with Crippen LogP contribution in [-0.2, 0) is 28.7 Å². The van der Waals surface area contributed by atoms with Crippen molar-refractivity contribution in [2.75, 3.05) is 26.3 Å². The third-order valence-electron chi connectivity index (χ3n) is 10.4. The Balaban J connectivity index is 1.70. The van der Waals surface area contributed by atoms with Crippen molar-refractivity contribution in [2.45, 2.75) is 120 Å². The maximum absolute atomic E-state index is 15.1. The van der Waals surface area contributed by atoms with E-state index in [-0.39, 0.29) is 47.6 Å². The van der Waals surface area contributed by atoms with Crippen LogP contribution in [0.3, 0.4) is 0 Å². The summed E-state index contributed by atoms with van der Waals surface area (Å²) in [6.45, 7) is 18.8. The van der Waals surface area contributed by atoms with E-state index < -0.39 is 47.1 Å². The Morgan fingerprint density at radius 2 is 1.80 bits per heavy atom. The highest BCUT2D eigenvalue weighted by Gasteiger charge is 2.76. The van der Waals surface area contributed by atoms with Crippen LogP contribution in [0.5, 0.6) is 0 Å². The number of rotatable bonds is 19. The topological polar surface area (TPSA) is 125 Å². The van der Waals surface area contributed by atoms with Crippen molar-refractivity contribution < 1.29 is 33.8 Å². The van der Waals surface area contributed by atoms with Crippen LogP contribution in [0, 0.1) is 17.3 Å². The number of alkyl halides is 1. The number of carbonyl (C=O) groups is 4. The zero-order valence-corrected chi connectivity index (χ0v) is 32.7. The number of nitrogens with zero attached hydrogens (tertiary/aromatic N) is 2. The van der Waals surface area contributed by atoms with E-state index in [1.165, 1.54) is 0 Å². The molecule has 0 radical (unpaired) electrons. The molecule has 0 aromatic heterocycles. The molecule has 3 amide bonds. The SMILES string of the molecule is C=CCCC(=O)OC[C@@H](NC(=O)[C@@H]1[C@H]2O[C@@]3(CC2Br)[C@H](C(=O)N(CC=C)C(C)(C)CC(C)(C)C)N(CCCCCCO)C(=O)[C@@H]13)c1ccccc1. The van der Waals surface area contributed by atoms with Gasteiger partial charge >= 0.3 is 5.97 Å². The molecule has 4 rings (SSSR count). The second-order valence-electron chi connectivity index (χ2n) is 16.1. The molecular weight excluding hydrogens is 714 g/mol. The molecule has 3 aliphatic heterocycles. The van der Waals surface area contributed by atoms with Crippen molar-refractivity contribution in [1.82, 2.24) is 15.1 Å². The van der Waals surface area contributed by atoms with Gasteiger partial charge in [0.1, 0.15) is 18.2 Å². The summed E-state index contributed by atoms with van der Waals surface area (Å²) in [4.78, 5) is 59.9. The smallest absolute Gasteiger partial charge is 0.306 e. The number of fused-ring (bicyclic) bond motifs is 1. The molecule has 3 fully saturated rings. The Labute approximate surface area is 312 Å². The molecule has 3 heterocycles. The molecule has 3 aliphatic rings. The molecule has 2 N–H and O–H groups in total. The van der Waals surface area contributed by atoms with E-state index in [4.69, 9.17) is 9.47 Å². The lowest BCUT2D eigenvalue weighted by Gasteiger charge is -2.45. The highest BCUT2D eigenvalue weighted by molar-refractivity contribution is 9.09. The van der Waals surface area contributed by atoms with Crippen LogP contribution >= 0.6 is 15.9 Å². The zero-order valence-electron chi connectivity index (χ0n) is 31.1. The van der Waals surface area contributed by atoms with Crippen molar-refractivity contribution in [3.05, 3.63) is 61.2 Å². The van der Waals surface area contributed by atoms with Crippen molar-refractivity contribution >= 4 is 39.6 Å². The van der Waals surface area contributed by atoms with E-state index in [2.05, 4.69) is 69.0 Å². The molecular formula is C40H58BrN3O7. The summed E-state index contributed by atoms with van der Waals surface area (Å²) in [5.74, 6) is -2.98. The molecule has 51 heavy (non-hydrogen) atoms. The zero-order chi connectivity index (χ0) is 37.6. The van der Waals surface area contributed by atoms with E-state index in [9.17, 15) is 19.5 Å². The molecule has 1 unspecified atom stereocenters. The Morgan fingerprint density at radius 3 is 2.43 bits per heavy atom. The molecule has 11 heteroatoms. The summed E-state index contributed by atoms with van der Waals surface area (Å²) in [6.07, 6.45) is 7.42. The van der Waals surface area contributed by atoms with Gasteiger partial charge in [0.25, 0.3) is 0 Å². The average molecular weight is 773 g/mol. The number of nitrogens with one attached hydrogen (secondary N) is 1. The van der Waals surface area contributed by atoms with Gasteiger partial charge in [0.05, 0.1) is 24.0 Å². The van der Waals surface area contributed by atoms with Crippen LogP contribution in [0.2, 0.25) is 0 Å². The first-order valence-corrected chi connectivity index (χ1v) is 19.3. The van der Waals surface area contributed by atoms with Gasteiger partial charge in [-0.15, -0.1) is 13.2 Å². The fraction of sp³-hybridized carbons (Fsp3) is 0.650. The molecule has 1 spiro atoms. The number of unbranched alkanes of at least 4 members (excludes halogenated alkanes) is 3. The lowest BCUT2D eigenvalue weighted by Crippen LogP contribution is -2.61. The van der Waals surface area contributed by atoms with Gasteiger partial charge in [-0.1, -0.05) is 92.0 Å². The molecule has 0 saturated carbocycles. The normalized spacial score (nSPS) is 26.1. The van der Waals surface area contributed by atoms with Crippen LogP contribution in [0.15, 0.2) is 55.6 Å². The van der Waals surface area contributed by atoms with Gasteiger partial charge in [-0.05, 0) is 56.9 Å². The van der Waals surface area contributed by atoms with Crippen LogP contribution in [0.1, 0.15) is 97.6 Å². The molecule has 1 aromatic rings. The number of ether oxygens (including phenoxy) is 2. The second kappa shape index (κ2) is 17.2. The van der Waals surface area contributed by atoms with E-state index >= 15 is 4.79 Å². The number of aliphatic hydroxyl groups excluding tert-OH is 1. The maximum atomic E-state index is 15.1. The first-order valence-electron chi connectivity index (χ1n) is 18.4. The average Bonchev–Trinajstić information content (AvgIpc) is 3.66. The number of hydrogen-bond acceptors (Lipinski definition) is 7. The Hall–Kier alpha value is -3.02. The van der Waals surface area contributed by atoms with Gasteiger partial charge in [-0.2, -0.15) is 0 Å². The summed E-state index contributed by atoms with van der Waals surface area (Å²) < 4.78 is 12.4. The van der Waals surface area contributed by atoms with Gasteiger partial charge in [-0.3, -0.25) is 19.2 Å². The maximum Gasteiger partial charge on any atom is 0.306 e. The van der Waals surface area contributed by atoms with E-state index in [0.717, 1.165) is 18.4 Å². The minimum Gasteiger partial charge on any atom is -0.463 e. The fourth-order valence-corrected chi connectivity index (χ4v) is 9.59. The predicted molar refractivity (Wildman–Crippen MR) is 201 cm³/mol. The second-order valence-corrected chi connectivity index (χ2v) is 17.3. The summed E-state index contributed by atoms with van der Waals surface area (Å²) in [5, 5.41) is 12.4. The molecule has 10 nitrogen and oxygen atoms in total. The Bertz CT molecular complexity index is 1410. The van der Waals surface area contributed by atoms with Gasteiger partial charge in [-0.25, -0.2) is 0 Å². The number of benzene rings is 1. The van der Waals surface area contributed by atoms with Crippen LogP contribution in [0.4, 0.5) is 0 Å². The summed E-state index contributed by atoms with van der Waals surface area (Å²) in [7, 11) is 0. The Kier molecular flexibility index (Phi) is 13.7. The summed E-state index contributed by atoms with van der Waals surface area (Å²) in [6, 6.07) is 7.70.